The molecule has 0 spiro atoms. The van der Waals surface area contributed by atoms with E-state index in [-0.39, 0.29) is 17.9 Å². The van der Waals surface area contributed by atoms with Crippen molar-refractivity contribution in [1.29, 1.82) is 0 Å². The minimum atomic E-state index is -3.41. The third kappa shape index (κ3) is 5.55. The van der Waals surface area contributed by atoms with Crippen LogP contribution in [0.5, 0.6) is 5.75 Å². The average Bonchev–Trinajstić information content (AvgIpc) is 2.82. The van der Waals surface area contributed by atoms with Gasteiger partial charge in [0.15, 0.2) is 0 Å². The van der Waals surface area contributed by atoms with Crippen LogP contribution in [0.25, 0.3) is 11.1 Å². The topological polar surface area (TPSA) is 29.5 Å². The largest absolute Gasteiger partial charge is 0.429 e. The first kappa shape index (κ1) is 23.9. The van der Waals surface area contributed by atoms with Crippen molar-refractivity contribution in [2.45, 2.75) is 65.6 Å². The third-order valence-electron chi connectivity index (χ3n) is 5.84. The van der Waals surface area contributed by atoms with E-state index >= 15 is 0 Å². The predicted molar refractivity (Wildman–Crippen MR) is 126 cm³/mol. The smallest absolute Gasteiger partial charge is 0.426 e. The van der Waals surface area contributed by atoms with Gasteiger partial charge in [-0.15, -0.1) is 0 Å². The molecule has 0 atom stereocenters. The molecular formula is C28H32F2O2. The molecule has 1 N–H and O–H groups in total. The van der Waals surface area contributed by atoms with E-state index in [0.717, 1.165) is 59.1 Å². The molecule has 170 valence electrons. The second kappa shape index (κ2) is 10.7. The predicted octanol–water partition coefficient (Wildman–Crippen LogP) is 7.44. The highest BCUT2D eigenvalue weighted by molar-refractivity contribution is 5.72. The quantitative estimate of drug-likeness (QED) is 0.356. The van der Waals surface area contributed by atoms with Crippen molar-refractivity contribution < 1.29 is 18.6 Å². The maximum atomic E-state index is 14.8. The molecule has 2 nitrogen and oxygen atoms in total. The molecule has 0 unspecified atom stereocenters. The number of aliphatic hydroxyl groups excluding tert-OH is 1. The second-order valence-corrected chi connectivity index (χ2v) is 8.09. The zero-order chi connectivity index (χ0) is 23.1. The number of alkyl halides is 2. The van der Waals surface area contributed by atoms with Gasteiger partial charge in [-0.25, -0.2) is 0 Å². The van der Waals surface area contributed by atoms with Crippen molar-refractivity contribution in [3.05, 3.63) is 88.5 Å². The minimum absolute atomic E-state index is 0.00460. The van der Waals surface area contributed by atoms with Gasteiger partial charge in [-0.3, -0.25) is 0 Å². The van der Waals surface area contributed by atoms with Gasteiger partial charge in [0.1, 0.15) is 5.75 Å². The van der Waals surface area contributed by atoms with Gasteiger partial charge in [0.05, 0.1) is 12.2 Å². The molecule has 3 aromatic rings. The summed E-state index contributed by atoms with van der Waals surface area (Å²) >= 11 is 0. The molecule has 0 fully saturated rings. The van der Waals surface area contributed by atoms with Gasteiger partial charge in [-0.2, -0.15) is 8.78 Å². The van der Waals surface area contributed by atoms with Crippen LogP contribution in [-0.2, 0) is 32.0 Å². The molecule has 0 aliphatic carbocycles. The molecule has 0 radical (unpaired) electrons. The lowest BCUT2D eigenvalue weighted by Crippen LogP contribution is -2.22. The Morgan fingerprint density at radius 3 is 1.97 bits per heavy atom. The van der Waals surface area contributed by atoms with E-state index in [9.17, 15) is 13.9 Å². The first-order valence-electron chi connectivity index (χ1n) is 11.4. The number of benzene rings is 3. The summed E-state index contributed by atoms with van der Waals surface area (Å²) in [7, 11) is 0. The number of rotatable bonds is 10. The Labute approximate surface area is 189 Å². The van der Waals surface area contributed by atoms with Crippen LogP contribution >= 0.6 is 0 Å². The summed E-state index contributed by atoms with van der Waals surface area (Å²) in [5, 5.41) is 9.42. The summed E-state index contributed by atoms with van der Waals surface area (Å²) in [4.78, 5) is 0. The first-order chi connectivity index (χ1) is 15.4. The number of aliphatic hydroxyl groups is 1. The summed E-state index contributed by atoms with van der Waals surface area (Å²) in [6.07, 6.45) is 1.10. The monoisotopic (exact) mass is 438 g/mol. The standard InChI is InChI=1S/C28H32F2O2/c1-4-7-8-20-9-12-24(13-10-20)28(29,30)32-25-14-16-27(23(6-3)18-25)26-15-11-21(19-31)17-22(26)5-2/h9-18,31H,4-8,19H2,1-3H3. The van der Waals surface area contributed by atoms with E-state index < -0.39 is 6.11 Å². The first-order valence-corrected chi connectivity index (χ1v) is 11.4. The summed E-state index contributed by atoms with van der Waals surface area (Å²) in [6.45, 7) is 6.18. The highest BCUT2D eigenvalue weighted by Gasteiger charge is 2.34. The summed E-state index contributed by atoms with van der Waals surface area (Å²) in [5.41, 5.74) is 5.90. The van der Waals surface area contributed by atoms with Gasteiger partial charge in [-0.05, 0) is 83.3 Å². The van der Waals surface area contributed by atoms with Crippen LogP contribution in [-0.4, -0.2) is 5.11 Å². The zero-order valence-corrected chi connectivity index (χ0v) is 19.1. The Kier molecular flexibility index (Phi) is 8.03. The number of halogens is 2. The Morgan fingerprint density at radius 1 is 0.781 bits per heavy atom. The summed E-state index contributed by atoms with van der Waals surface area (Å²) in [5.74, 6) is 0.149. The van der Waals surface area contributed by atoms with Gasteiger partial charge in [0, 0.05) is 0 Å². The van der Waals surface area contributed by atoms with Crippen molar-refractivity contribution in [2.75, 3.05) is 0 Å². The maximum Gasteiger partial charge on any atom is 0.426 e. The van der Waals surface area contributed by atoms with E-state index in [1.165, 1.54) is 12.1 Å². The molecule has 3 aromatic carbocycles. The normalized spacial score (nSPS) is 11.6. The molecule has 0 amide bonds. The molecule has 4 heteroatoms. The van der Waals surface area contributed by atoms with Gasteiger partial charge in [0.2, 0.25) is 0 Å². The van der Waals surface area contributed by atoms with Crippen molar-refractivity contribution in [3.8, 4) is 16.9 Å². The number of ether oxygens (including phenoxy) is 1. The van der Waals surface area contributed by atoms with E-state index in [0.29, 0.717) is 6.42 Å². The Bertz CT molecular complexity index is 1030. The Morgan fingerprint density at radius 2 is 1.38 bits per heavy atom. The van der Waals surface area contributed by atoms with Gasteiger partial charge in [-0.1, -0.05) is 63.6 Å². The van der Waals surface area contributed by atoms with Crippen LogP contribution in [0.15, 0.2) is 60.7 Å². The SMILES string of the molecule is CCCCc1ccc(C(F)(F)Oc2ccc(-c3ccc(CO)cc3CC)c(CC)c2)cc1. The fraction of sp³-hybridized carbons (Fsp3) is 0.357. The van der Waals surface area contributed by atoms with E-state index in [1.54, 1.807) is 24.3 Å². The number of unbranched alkanes of at least 4 members (excludes halogenated alkanes) is 1. The summed E-state index contributed by atoms with van der Waals surface area (Å²) < 4.78 is 34.9. The molecular weight excluding hydrogens is 406 g/mol. The highest BCUT2D eigenvalue weighted by Crippen LogP contribution is 2.36. The van der Waals surface area contributed by atoms with Gasteiger partial charge < -0.3 is 9.84 Å². The zero-order valence-electron chi connectivity index (χ0n) is 19.1. The van der Waals surface area contributed by atoms with E-state index in [4.69, 9.17) is 4.74 Å². The third-order valence-corrected chi connectivity index (χ3v) is 5.84. The minimum Gasteiger partial charge on any atom is -0.429 e. The molecule has 0 aliphatic heterocycles. The highest BCUT2D eigenvalue weighted by atomic mass is 19.3. The number of aryl methyl sites for hydroxylation is 3. The number of hydrogen-bond acceptors (Lipinski definition) is 2. The van der Waals surface area contributed by atoms with Crippen LogP contribution < -0.4 is 4.74 Å². The number of hydrogen-bond donors (Lipinski definition) is 1. The van der Waals surface area contributed by atoms with Crippen molar-refractivity contribution in [3.63, 3.8) is 0 Å². The van der Waals surface area contributed by atoms with Crippen LogP contribution in [0.1, 0.15) is 61.4 Å². The molecule has 0 heterocycles. The molecule has 0 aromatic heterocycles. The fourth-order valence-electron chi connectivity index (χ4n) is 3.94. The molecule has 0 saturated heterocycles. The molecule has 0 bridgehead atoms. The van der Waals surface area contributed by atoms with Crippen molar-refractivity contribution in [1.82, 2.24) is 0 Å². The van der Waals surface area contributed by atoms with Crippen LogP contribution in [0, 0.1) is 0 Å². The summed E-state index contributed by atoms with van der Waals surface area (Å²) in [6, 6.07) is 17.5. The second-order valence-electron chi connectivity index (χ2n) is 8.09. The van der Waals surface area contributed by atoms with E-state index in [2.05, 4.69) is 13.8 Å². The van der Waals surface area contributed by atoms with Gasteiger partial charge in [0.25, 0.3) is 0 Å². The molecule has 0 aliphatic rings. The lowest BCUT2D eigenvalue weighted by atomic mass is 9.92. The van der Waals surface area contributed by atoms with Crippen LogP contribution in [0.2, 0.25) is 0 Å². The van der Waals surface area contributed by atoms with Gasteiger partial charge >= 0.3 is 6.11 Å². The van der Waals surface area contributed by atoms with Crippen LogP contribution in [0.3, 0.4) is 0 Å². The Balaban J connectivity index is 1.86. The van der Waals surface area contributed by atoms with E-state index in [1.807, 2.05) is 31.2 Å². The molecule has 0 saturated carbocycles. The molecule has 3 rings (SSSR count). The van der Waals surface area contributed by atoms with Crippen molar-refractivity contribution >= 4 is 0 Å². The average molecular weight is 439 g/mol. The lowest BCUT2D eigenvalue weighted by molar-refractivity contribution is -0.185. The lowest BCUT2D eigenvalue weighted by Gasteiger charge is -2.20. The maximum absolute atomic E-state index is 14.8. The van der Waals surface area contributed by atoms with Crippen molar-refractivity contribution in [2.24, 2.45) is 0 Å². The molecule has 32 heavy (non-hydrogen) atoms. The fourth-order valence-corrected chi connectivity index (χ4v) is 3.94. The van der Waals surface area contributed by atoms with Crippen LogP contribution in [0.4, 0.5) is 8.78 Å². The Hall–Kier alpha value is -2.72.